The molecule has 1 aromatic carbocycles. The summed E-state index contributed by atoms with van der Waals surface area (Å²) in [5, 5.41) is 16.0. The number of fused-ring (bicyclic) bond motifs is 1. The predicted molar refractivity (Wildman–Crippen MR) is 91.4 cm³/mol. The molecule has 2 amide bonds. The van der Waals surface area contributed by atoms with Crippen LogP contribution in [0.25, 0.3) is 0 Å². The van der Waals surface area contributed by atoms with Crippen LogP contribution in [0.2, 0.25) is 0 Å². The molecular formula is C19H23FN2O3. The lowest BCUT2D eigenvalue weighted by atomic mass is 9.80. The summed E-state index contributed by atoms with van der Waals surface area (Å²) >= 11 is 0. The zero-order valence-electron chi connectivity index (χ0n) is 14.4. The van der Waals surface area contributed by atoms with Gasteiger partial charge < -0.3 is 20.2 Å². The van der Waals surface area contributed by atoms with Gasteiger partial charge in [0.2, 0.25) is 0 Å². The van der Waals surface area contributed by atoms with Crippen LogP contribution in [-0.4, -0.2) is 17.7 Å². The molecule has 1 heterocycles. The number of hydrogen-bond acceptors (Lipinski definition) is 3. The standard InChI is InChI=1S/C19H23FN2O3/c1-12-8-9-13-14(5-3-6-15(13)20)17(12)22-18(23)21-11-19(2,24)16-7-4-10-25-16/h3-7,10,12,17,24H,8-9,11H2,1-2H3,(H2,21,22,23). The maximum Gasteiger partial charge on any atom is 0.315 e. The lowest BCUT2D eigenvalue weighted by molar-refractivity contribution is 0.0365. The van der Waals surface area contributed by atoms with E-state index in [1.54, 1.807) is 25.1 Å². The highest BCUT2D eigenvalue weighted by Crippen LogP contribution is 2.35. The maximum atomic E-state index is 14.0. The number of rotatable bonds is 4. The largest absolute Gasteiger partial charge is 0.466 e. The van der Waals surface area contributed by atoms with E-state index in [2.05, 4.69) is 10.6 Å². The molecule has 0 spiro atoms. The summed E-state index contributed by atoms with van der Waals surface area (Å²) in [7, 11) is 0. The second-order valence-electron chi connectivity index (χ2n) is 6.88. The lowest BCUT2D eigenvalue weighted by Crippen LogP contribution is -2.46. The Morgan fingerprint density at radius 3 is 2.92 bits per heavy atom. The molecule has 134 valence electrons. The van der Waals surface area contributed by atoms with Crippen molar-refractivity contribution in [2.75, 3.05) is 6.54 Å². The first-order chi connectivity index (χ1) is 11.9. The fourth-order valence-electron chi connectivity index (χ4n) is 3.31. The van der Waals surface area contributed by atoms with Gasteiger partial charge in [0, 0.05) is 0 Å². The fraction of sp³-hybridized carbons (Fsp3) is 0.421. The van der Waals surface area contributed by atoms with Crippen LogP contribution in [0, 0.1) is 11.7 Å². The number of aliphatic hydroxyl groups is 1. The Morgan fingerprint density at radius 2 is 2.20 bits per heavy atom. The van der Waals surface area contributed by atoms with Gasteiger partial charge >= 0.3 is 6.03 Å². The monoisotopic (exact) mass is 346 g/mol. The van der Waals surface area contributed by atoms with Gasteiger partial charge in [-0.15, -0.1) is 0 Å². The molecule has 3 rings (SSSR count). The van der Waals surface area contributed by atoms with Crippen molar-refractivity contribution in [2.24, 2.45) is 5.92 Å². The van der Waals surface area contributed by atoms with Gasteiger partial charge in [-0.2, -0.15) is 0 Å². The van der Waals surface area contributed by atoms with E-state index < -0.39 is 11.6 Å². The number of hydrogen-bond donors (Lipinski definition) is 3. The van der Waals surface area contributed by atoms with Crippen molar-refractivity contribution in [3.05, 3.63) is 59.3 Å². The second kappa shape index (κ2) is 6.88. The van der Waals surface area contributed by atoms with E-state index in [1.165, 1.54) is 12.3 Å². The van der Waals surface area contributed by atoms with Crippen molar-refractivity contribution in [3.8, 4) is 0 Å². The van der Waals surface area contributed by atoms with Crippen LogP contribution >= 0.6 is 0 Å². The third-order valence-electron chi connectivity index (χ3n) is 4.84. The smallest absolute Gasteiger partial charge is 0.315 e. The molecule has 6 heteroatoms. The first-order valence-corrected chi connectivity index (χ1v) is 8.46. The maximum absolute atomic E-state index is 14.0. The van der Waals surface area contributed by atoms with Crippen LogP contribution < -0.4 is 10.6 Å². The van der Waals surface area contributed by atoms with Crippen LogP contribution in [0.4, 0.5) is 9.18 Å². The van der Waals surface area contributed by atoms with E-state index in [0.717, 1.165) is 12.0 Å². The molecule has 25 heavy (non-hydrogen) atoms. The van der Waals surface area contributed by atoms with E-state index >= 15 is 0 Å². The normalized spacial score (nSPS) is 21.9. The minimum absolute atomic E-state index is 0.00343. The first-order valence-electron chi connectivity index (χ1n) is 8.46. The third kappa shape index (κ3) is 3.69. The average Bonchev–Trinajstić information content (AvgIpc) is 3.11. The zero-order valence-corrected chi connectivity index (χ0v) is 14.4. The van der Waals surface area contributed by atoms with Gasteiger partial charge in [0.1, 0.15) is 17.2 Å². The number of nitrogens with one attached hydrogen (secondary N) is 2. The summed E-state index contributed by atoms with van der Waals surface area (Å²) in [5.74, 6) is 0.356. The Hall–Kier alpha value is -2.34. The third-order valence-corrected chi connectivity index (χ3v) is 4.84. The zero-order chi connectivity index (χ0) is 18.0. The van der Waals surface area contributed by atoms with Gasteiger partial charge in [-0.1, -0.05) is 19.1 Å². The summed E-state index contributed by atoms with van der Waals surface area (Å²) < 4.78 is 19.2. The van der Waals surface area contributed by atoms with Crippen molar-refractivity contribution in [1.29, 1.82) is 0 Å². The SMILES string of the molecule is CC1CCc2c(F)cccc2C1NC(=O)NCC(C)(O)c1ccco1. The summed E-state index contributed by atoms with van der Waals surface area (Å²) in [6.45, 7) is 3.61. The average molecular weight is 346 g/mol. The second-order valence-corrected chi connectivity index (χ2v) is 6.88. The number of furan rings is 1. The number of carbonyl (C=O) groups is 1. The van der Waals surface area contributed by atoms with Gasteiger partial charge in [-0.25, -0.2) is 9.18 Å². The van der Waals surface area contributed by atoms with Crippen molar-refractivity contribution in [2.45, 2.75) is 38.3 Å². The van der Waals surface area contributed by atoms with Crippen LogP contribution in [0.5, 0.6) is 0 Å². The predicted octanol–water partition coefficient (Wildman–Crippen LogP) is 3.25. The Labute approximate surface area is 146 Å². The highest BCUT2D eigenvalue weighted by molar-refractivity contribution is 5.74. The van der Waals surface area contributed by atoms with Crippen molar-refractivity contribution >= 4 is 6.03 Å². The Kier molecular flexibility index (Phi) is 4.81. The summed E-state index contributed by atoms with van der Waals surface area (Å²) in [5.41, 5.74) is 0.198. The van der Waals surface area contributed by atoms with Gasteiger partial charge in [0.15, 0.2) is 0 Å². The molecule has 1 aromatic heterocycles. The Morgan fingerprint density at radius 1 is 1.40 bits per heavy atom. The number of halogens is 1. The molecule has 0 bridgehead atoms. The quantitative estimate of drug-likeness (QED) is 0.795. The molecule has 5 nitrogen and oxygen atoms in total. The van der Waals surface area contributed by atoms with E-state index in [1.807, 2.05) is 13.0 Å². The molecule has 0 aliphatic heterocycles. The van der Waals surface area contributed by atoms with Crippen LogP contribution in [-0.2, 0) is 12.0 Å². The molecular weight excluding hydrogens is 323 g/mol. The minimum atomic E-state index is -1.30. The molecule has 0 saturated heterocycles. The molecule has 3 N–H and O–H groups in total. The van der Waals surface area contributed by atoms with E-state index in [0.29, 0.717) is 17.7 Å². The van der Waals surface area contributed by atoms with E-state index in [9.17, 15) is 14.3 Å². The number of urea groups is 1. The van der Waals surface area contributed by atoms with Gasteiger partial charge in [-0.05, 0) is 55.0 Å². The summed E-state index contributed by atoms with van der Waals surface area (Å²) in [6.07, 6.45) is 2.96. The molecule has 0 saturated carbocycles. The van der Waals surface area contributed by atoms with Gasteiger partial charge in [0.05, 0.1) is 18.8 Å². The highest BCUT2D eigenvalue weighted by atomic mass is 19.1. The summed E-state index contributed by atoms with van der Waals surface area (Å²) in [6, 6.07) is 7.65. The first kappa shape index (κ1) is 17.5. The Bertz CT molecular complexity index is 743. The van der Waals surface area contributed by atoms with Crippen molar-refractivity contribution in [1.82, 2.24) is 10.6 Å². The minimum Gasteiger partial charge on any atom is -0.466 e. The molecule has 3 unspecified atom stereocenters. The van der Waals surface area contributed by atoms with E-state index in [-0.39, 0.29) is 24.3 Å². The number of benzene rings is 1. The summed E-state index contributed by atoms with van der Waals surface area (Å²) in [4.78, 5) is 12.3. The molecule has 2 aromatic rings. The van der Waals surface area contributed by atoms with Crippen molar-refractivity contribution in [3.63, 3.8) is 0 Å². The van der Waals surface area contributed by atoms with Crippen LogP contribution in [0.15, 0.2) is 41.0 Å². The van der Waals surface area contributed by atoms with Gasteiger partial charge in [0.25, 0.3) is 0 Å². The number of carbonyl (C=O) groups excluding carboxylic acids is 1. The van der Waals surface area contributed by atoms with Crippen LogP contribution in [0.3, 0.4) is 0 Å². The molecule has 1 aliphatic carbocycles. The fourth-order valence-corrected chi connectivity index (χ4v) is 3.31. The highest BCUT2D eigenvalue weighted by Gasteiger charge is 2.31. The van der Waals surface area contributed by atoms with E-state index in [4.69, 9.17) is 4.42 Å². The molecule has 1 aliphatic rings. The topological polar surface area (TPSA) is 74.5 Å². The molecule has 3 atom stereocenters. The van der Waals surface area contributed by atoms with Gasteiger partial charge in [-0.3, -0.25) is 0 Å². The Balaban J connectivity index is 1.66. The van der Waals surface area contributed by atoms with Crippen molar-refractivity contribution < 1.29 is 18.7 Å². The van der Waals surface area contributed by atoms with Crippen LogP contribution in [0.1, 0.15) is 43.2 Å². The molecule has 0 radical (unpaired) electrons. The number of amides is 2. The lowest BCUT2D eigenvalue weighted by Gasteiger charge is -2.32. The molecule has 0 fully saturated rings.